The van der Waals surface area contributed by atoms with Crippen LogP contribution in [0.15, 0.2) is 5.38 Å². The van der Waals surface area contributed by atoms with Crippen molar-refractivity contribution >= 4 is 22.1 Å². The summed E-state index contributed by atoms with van der Waals surface area (Å²) in [7, 11) is -0.713. The molecule has 2 nitrogen and oxygen atoms in total. The molecule has 0 saturated heterocycles. The smallest absolute Gasteiger partial charge is 0.0897 e. The first-order chi connectivity index (χ1) is 8.24. The number of aromatic nitrogens is 1. The summed E-state index contributed by atoms with van der Waals surface area (Å²) in [4.78, 5) is 4.36. The van der Waals surface area contributed by atoms with Crippen molar-refractivity contribution in [1.29, 1.82) is 0 Å². The van der Waals surface area contributed by atoms with Crippen molar-refractivity contribution in [2.75, 3.05) is 5.75 Å². The van der Waals surface area contributed by atoms with Crippen molar-refractivity contribution in [2.24, 2.45) is 5.92 Å². The minimum atomic E-state index is -0.713. The van der Waals surface area contributed by atoms with Crippen LogP contribution in [-0.2, 0) is 16.6 Å². The Morgan fingerprint density at radius 2 is 2.24 bits per heavy atom. The Hall–Kier alpha value is -0.220. The quantitative estimate of drug-likeness (QED) is 0.790. The third-order valence-corrected chi connectivity index (χ3v) is 5.62. The van der Waals surface area contributed by atoms with E-state index in [2.05, 4.69) is 4.98 Å². The fourth-order valence-electron chi connectivity index (χ4n) is 2.54. The predicted octanol–water partition coefficient (Wildman–Crippen LogP) is 3.67. The van der Waals surface area contributed by atoms with Gasteiger partial charge in [0.25, 0.3) is 0 Å². The van der Waals surface area contributed by atoms with Crippen molar-refractivity contribution in [2.45, 2.75) is 51.2 Å². The molecular formula is C13H21NOS2. The van der Waals surface area contributed by atoms with E-state index in [-0.39, 0.29) is 0 Å². The maximum Gasteiger partial charge on any atom is 0.0897 e. The van der Waals surface area contributed by atoms with Crippen molar-refractivity contribution < 1.29 is 4.21 Å². The van der Waals surface area contributed by atoms with Gasteiger partial charge >= 0.3 is 0 Å². The zero-order valence-electron chi connectivity index (χ0n) is 10.5. The van der Waals surface area contributed by atoms with Crippen LogP contribution in [0.4, 0.5) is 0 Å². The van der Waals surface area contributed by atoms with Crippen LogP contribution in [0.1, 0.15) is 49.2 Å². The normalized spacial score (nSPS) is 18.6. The van der Waals surface area contributed by atoms with E-state index < -0.39 is 10.8 Å². The van der Waals surface area contributed by atoms with Crippen LogP contribution in [-0.4, -0.2) is 14.9 Å². The first-order valence-electron chi connectivity index (χ1n) is 6.50. The van der Waals surface area contributed by atoms with E-state index in [1.165, 1.54) is 32.1 Å². The Bertz CT molecular complexity index is 369. The molecule has 0 N–H and O–H groups in total. The number of aryl methyl sites for hydroxylation is 1. The minimum absolute atomic E-state index is 0.648. The fraction of sp³-hybridized carbons (Fsp3) is 0.769. The van der Waals surface area contributed by atoms with Crippen LogP contribution in [0.3, 0.4) is 0 Å². The Labute approximate surface area is 110 Å². The average molecular weight is 271 g/mol. The molecule has 1 fully saturated rings. The number of hydrogen-bond acceptors (Lipinski definition) is 3. The molecule has 0 unspecified atom stereocenters. The molecule has 1 saturated carbocycles. The van der Waals surface area contributed by atoms with Crippen molar-refractivity contribution in [3.8, 4) is 0 Å². The zero-order chi connectivity index (χ0) is 12.1. The highest BCUT2D eigenvalue weighted by molar-refractivity contribution is 7.84. The SMILES string of the molecule is Cc1nc(C[S@@](=O)CCCC2CCCC2)cs1. The largest absolute Gasteiger partial charge is 0.259 e. The van der Waals surface area contributed by atoms with E-state index in [1.54, 1.807) is 11.3 Å². The fourth-order valence-corrected chi connectivity index (χ4v) is 4.37. The van der Waals surface area contributed by atoms with Gasteiger partial charge in [-0.1, -0.05) is 25.7 Å². The van der Waals surface area contributed by atoms with Crippen molar-refractivity contribution in [3.05, 3.63) is 16.1 Å². The molecule has 96 valence electrons. The van der Waals surface area contributed by atoms with Gasteiger partial charge in [0.05, 0.1) is 16.5 Å². The summed E-state index contributed by atoms with van der Waals surface area (Å²) in [5, 5.41) is 3.10. The van der Waals surface area contributed by atoms with E-state index in [4.69, 9.17) is 0 Å². The van der Waals surface area contributed by atoms with Crippen LogP contribution in [0.25, 0.3) is 0 Å². The third kappa shape index (κ3) is 4.51. The molecule has 0 amide bonds. The Balaban J connectivity index is 1.63. The molecule has 1 aromatic rings. The second kappa shape index (κ2) is 6.64. The third-order valence-electron chi connectivity index (χ3n) is 3.43. The summed E-state index contributed by atoms with van der Waals surface area (Å²) in [5.74, 6) is 2.43. The van der Waals surface area contributed by atoms with E-state index in [1.807, 2.05) is 12.3 Å². The van der Waals surface area contributed by atoms with E-state index in [9.17, 15) is 4.21 Å². The molecule has 1 heterocycles. The lowest BCUT2D eigenvalue weighted by molar-refractivity contribution is 0.497. The van der Waals surface area contributed by atoms with Gasteiger partial charge in [0.2, 0.25) is 0 Å². The maximum atomic E-state index is 11.9. The molecule has 0 spiro atoms. The highest BCUT2D eigenvalue weighted by Crippen LogP contribution is 2.28. The first kappa shape index (κ1) is 13.2. The number of nitrogens with zero attached hydrogens (tertiary/aromatic N) is 1. The van der Waals surface area contributed by atoms with Crippen molar-refractivity contribution in [3.63, 3.8) is 0 Å². The lowest BCUT2D eigenvalue weighted by Crippen LogP contribution is -2.03. The maximum absolute atomic E-state index is 11.9. The van der Waals surface area contributed by atoms with Gasteiger partial charge in [0, 0.05) is 21.9 Å². The van der Waals surface area contributed by atoms with Crippen LogP contribution in [0.2, 0.25) is 0 Å². The molecule has 0 bridgehead atoms. The molecule has 1 aliphatic carbocycles. The van der Waals surface area contributed by atoms with E-state index in [0.29, 0.717) is 5.75 Å². The van der Waals surface area contributed by atoms with E-state index in [0.717, 1.165) is 28.8 Å². The lowest BCUT2D eigenvalue weighted by atomic mass is 10.0. The molecule has 0 radical (unpaired) electrons. The summed E-state index contributed by atoms with van der Waals surface area (Å²) in [6, 6.07) is 0. The van der Waals surface area contributed by atoms with Gasteiger partial charge in [0.15, 0.2) is 0 Å². The summed E-state index contributed by atoms with van der Waals surface area (Å²) < 4.78 is 11.9. The topological polar surface area (TPSA) is 30.0 Å². The number of hydrogen-bond donors (Lipinski definition) is 0. The number of rotatable bonds is 6. The van der Waals surface area contributed by atoms with Crippen molar-refractivity contribution in [1.82, 2.24) is 4.98 Å². The van der Waals surface area contributed by atoms with Gasteiger partial charge in [0.1, 0.15) is 0 Å². The van der Waals surface area contributed by atoms with Crippen LogP contribution < -0.4 is 0 Å². The van der Waals surface area contributed by atoms with Gasteiger partial charge in [-0.2, -0.15) is 0 Å². The highest BCUT2D eigenvalue weighted by Gasteiger charge is 2.14. The summed E-state index contributed by atoms with van der Waals surface area (Å²) in [5.41, 5.74) is 1.01. The minimum Gasteiger partial charge on any atom is -0.259 e. The molecule has 1 aromatic heterocycles. The molecule has 1 atom stereocenters. The zero-order valence-corrected chi connectivity index (χ0v) is 12.1. The number of thiazole rings is 1. The Morgan fingerprint density at radius 1 is 1.47 bits per heavy atom. The van der Waals surface area contributed by atoms with Crippen LogP contribution in [0, 0.1) is 12.8 Å². The Morgan fingerprint density at radius 3 is 2.88 bits per heavy atom. The second-order valence-electron chi connectivity index (χ2n) is 4.94. The monoisotopic (exact) mass is 271 g/mol. The molecule has 4 heteroatoms. The molecule has 1 aliphatic rings. The van der Waals surface area contributed by atoms with Gasteiger partial charge in [-0.05, 0) is 25.7 Å². The summed E-state index contributed by atoms with van der Waals surface area (Å²) in [6.45, 7) is 2.00. The van der Waals surface area contributed by atoms with Gasteiger partial charge in [-0.25, -0.2) is 4.98 Å². The van der Waals surface area contributed by atoms with Gasteiger partial charge in [-0.3, -0.25) is 4.21 Å². The molecule has 17 heavy (non-hydrogen) atoms. The Kier molecular flexibility index (Phi) is 5.16. The average Bonchev–Trinajstić information content (AvgIpc) is 2.90. The summed E-state index contributed by atoms with van der Waals surface area (Å²) >= 11 is 1.65. The van der Waals surface area contributed by atoms with Crippen LogP contribution in [0.5, 0.6) is 0 Å². The predicted molar refractivity (Wildman–Crippen MR) is 74.8 cm³/mol. The van der Waals surface area contributed by atoms with E-state index >= 15 is 0 Å². The standard InChI is InChI=1S/C13H21NOS2/c1-11-14-13(9-16-11)10-17(15)8-4-7-12-5-2-3-6-12/h9,12H,2-8,10H2,1H3/t17-/m0/s1. The molecule has 2 rings (SSSR count). The first-order valence-corrected chi connectivity index (χ1v) is 8.87. The lowest BCUT2D eigenvalue weighted by Gasteiger charge is -2.07. The van der Waals surface area contributed by atoms with Crippen LogP contribution >= 0.6 is 11.3 Å². The molecular weight excluding hydrogens is 250 g/mol. The van der Waals surface area contributed by atoms with Gasteiger partial charge < -0.3 is 0 Å². The highest BCUT2D eigenvalue weighted by atomic mass is 32.2. The second-order valence-corrected chi connectivity index (χ2v) is 7.58. The summed E-state index contributed by atoms with van der Waals surface area (Å²) in [6.07, 6.45) is 8.02. The molecule has 0 aromatic carbocycles. The molecule has 0 aliphatic heterocycles. The van der Waals surface area contributed by atoms with Gasteiger partial charge in [-0.15, -0.1) is 11.3 Å².